The molecule has 1 atom stereocenters. The Hall–Kier alpha value is -1.28. The predicted octanol–water partition coefficient (Wildman–Crippen LogP) is 2.71. The molecule has 1 N–H and O–H groups in total. The lowest BCUT2D eigenvalue weighted by Crippen LogP contribution is -2.25. The van der Waals surface area contributed by atoms with Gasteiger partial charge >= 0.3 is 0 Å². The summed E-state index contributed by atoms with van der Waals surface area (Å²) in [5.74, 6) is 0.924. The molecular weight excluding hydrogens is 186 g/mol. The van der Waals surface area contributed by atoms with Crippen LogP contribution < -0.4 is 10.1 Å². The molecular formula is C13H19NO. The highest BCUT2D eigenvalue weighted by Gasteiger charge is 2.01. The van der Waals surface area contributed by atoms with Gasteiger partial charge in [-0.05, 0) is 38.6 Å². The standard InChI is InChI=1S/C13H19NO/c1-4-6-12-7-5-8-13(9-12)15-11(2)10-14-3/h4-9,11,14H,10H2,1-3H3/b6-4+/t11-/m1/s1. The second-order valence-corrected chi connectivity index (χ2v) is 3.56. The van der Waals surface area contributed by atoms with Crippen molar-refractivity contribution in [2.24, 2.45) is 0 Å². The zero-order valence-corrected chi connectivity index (χ0v) is 9.66. The van der Waals surface area contributed by atoms with Crippen LogP contribution in [0.5, 0.6) is 5.75 Å². The van der Waals surface area contributed by atoms with Gasteiger partial charge in [0.05, 0.1) is 0 Å². The van der Waals surface area contributed by atoms with Gasteiger partial charge in [-0.25, -0.2) is 0 Å². The van der Waals surface area contributed by atoms with E-state index in [1.165, 1.54) is 5.56 Å². The average molecular weight is 205 g/mol. The maximum atomic E-state index is 5.75. The second kappa shape index (κ2) is 6.25. The lowest BCUT2D eigenvalue weighted by molar-refractivity contribution is 0.220. The minimum atomic E-state index is 0.191. The van der Waals surface area contributed by atoms with Gasteiger partial charge in [0.15, 0.2) is 0 Å². The fourth-order valence-corrected chi connectivity index (χ4v) is 1.45. The molecule has 0 bridgehead atoms. The molecule has 2 nitrogen and oxygen atoms in total. The molecule has 0 heterocycles. The quantitative estimate of drug-likeness (QED) is 0.798. The van der Waals surface area contributed by atoms with E-state index in [1.807, 2.05) is 38.2 Å². The minimum Gasteiger partial charge on any atom is -0.489 e. The van der Waals surface area contributed by atoms with Gasteiger partial charge in [0, 0.05) is 6.54 Å². The molecule has 0 saturated heterocycles. The molecule has 1 aromatic carbocycles. The second-order valence-electron chi connectivity index (χ2n) is 3.56. The maximum Gasteiger partial charge on any atom is 0.120 e. The number of nitrogens with one attached hydrogen (secondary N) is 1. The van der Waals surface area contributed by atoms with Crippen molar-refractivity contribution in [3.05, 3.63) is 35.9 Å². The molecule has 0 radical (unpaired) electrons. The number of benzene rings is 1. The fourth-order valence-electron chi connectivity index (χ4n) is 1.45. The van der Waals surface area contributed by atoms with Gasteiger partial charge in [-0.3, -0.25) is 0 Å². The Morgan fingerprint density at radius 1 is 1.47 bits per heavy atom. The van der Waals surface area contributed by atoms with Crippen molar-refractivity contribution < 1.29 is 4.74 Å². The van der Waals surface area contributed by atoms with Gasteiger partial charge in [-0.1, -0.05) is 24.3 Å². The number of ether oxygens (including phenoxy) is 1. The van der Waals surface area contributed by atoms with E-state index in [0.717, 1.165) is 12.3 Å². The van der Waals surface area contributed by atoms with Gasteiger partial charge < -0.3 is 10.1 Å². The van der Waals surface area contributed by atoms with Crippen LogP contribution in [0, 0.1) is 0 Å². The van der Waals surface area contributed by atoms with Crippen molar-refractivity contribution in [2.75, 3.05) is 13.6 Å². The third-order valence-electron chi connectivity index (χ3n) is 2.05. The lowest BCUT2D eigenvalue weighted by Gasteiger charge is -2.14. The van der Waals surface area contributed by atoms with Gasteiger partial charge in [0.25, 0.3) is 0 Å². The van der Waals surface area contributed by atoms with Crippen molar-refractivity contribution >= 4 is 6.08 Å². The molecule has 0 fully saturated rings. The molecule has 1 rings (SSSR count). The Morgan fingerprint density at radius 2 is 2.27 bits per heavy atom. The van der Waals surface area contributed by atoms with Gasteiger partial charge in [0.2, 0.25) is 0 Å². The van der Waals surface area contributed by atoms with E-state index in [9.17, 15) is 0 Å². The first kappa shape index (κ1) is 11.8. The number of allylic oxidation sites excluding steroid dienone is 1. The maximum absolute atomic E-state index is 5.75. The Labute approximate surface area is 92.0 Å². The van der Waals surface area contributed by atoms with E-state index >= 15 is 0 Å². The molecule has 0 aliphatic rings. The van der Waals surface area contributed by atoms with Crippen molar-refractivity contribution in [3.8, 4) is 5.75 Å². The van der Waals surface area contributed by atoms with E-state index < -0.39 is 0 Å². The smallest absolute Gasteiger partial charge is 0.120 e. The van der Waals surface area contributed by atoms with Crippen LogP contribution in [0.3, 0.4) is 0 Å². The van der Waals surface area contributed by atoms with Crippen LogP contribution in [0.1, 0.15) is 19.4 Å². The topological polar surface area (TPSA) is 21.3 Å². The molecule has 0 unspecified atom stereocenters. The third-order valence-corrected chi connectivity index (χ3v) is 2.05. The summed E-state index contributed by atoms with van der Waals surface area (Å²) in [6, 6.07) is 8.11. The van der Waals surface area contributed by atoms with Gasteiger partial charge in [-0.15, -0.1) is 0 Å². The van der Waals surface area contributed by atoms with Crippen LogP contribution in [0.15, 0.2) is 30.3 Å². The van der Waals surface area contributed by atoms with Crippen molar-refractivity contribution in [3.63, 3.8) is 0 Å². The number of hydrogen-bond acceptors (Lipinski definition) is 2. The van der Waals surface area contributed by atoms with Crippen LogP contribution in [0.4, 0.5) is 0 Å². The third kappa shape index (κ3) is 4.17. The van der Waals surface area contributed by atoms with E-state index in [4.69, 9.17) is 4.74 Å². The minimum absolute atomic E-state index is 0.191. The molecule has 0 amide bonds. The molecule has 0 saturated carbocycles. The molecule has 0 aliphatic carbocycles. The molecule has 1 aromatic rings. The Kier molecular flexibility index (Phi) is 4.91. The van der Waals surface area contributed by atoms with Crippen LogP contribution in [-0.4, -0.2) is 19.7 Å². The van der Waals surface area contributed by atoms with Crippen molar-refractivity contribution in [2.45, 2.75) is 20.0 Å². The van der Waals surface area contributed by atoms with Gasteiger partial charge in [0.1, 0.15) is 11.9 Å². The SMILES string of the molecule is C/C=C/c1cccc(O[C@H](C)CNC)c1. The molecule has 82 valence electrons. The average Bonchev–Trinajstić information content (AvgIpc) is 2.19. The summed E-state index contributed by atoms with van der Waals surface area (Å²) in [6.45, 7) is 4.92. The molecule has 0 aliphatic heterocycles. The molecule has 2 heteroatoms. The molecule has 0 aromatic heterocycles. The predicted molar refractivity (Wildman–Crippen MR) is 65.2 cm³/mol. The lowest BCUT2D eigenvalue weighted by atomic mass is 10.2. The first-order valence-electron chi connectivity index (χ1n) is 5.30. The monoisotopic (exact) mass is 205 g/mol. The number of rotatable bonds is 5. The Morgan fingerprint density at radius 3 is 2.93 bits per heavy atom. The van der Waals surface area contributed by atoms with Crippen LogP contribution in [-0.2, 0) is 0 Å². The summed E-state index contributed by atoms with van der Waals surface area (Å²) in [7, 11) is 1.93. The van der Waals surface area contributed by atoms with Crippen LogP contribution in [0.2, 0.25) is 0 Å². The highest BCUT2D eigenvalue weighted by molar-refractivity contribution is 5.51. The summed E-state index contributed by atoms with van der Waals surface area (Å²) in [5, 5.41) is 3.09. The van der Waals surface area contributed by atoms with E-state index in [-0.39, 0.29) is 6.10 Å². The van der Waals surface area contributed by atoms with E-state index in [2.05, 4.69) is 24.4 Å². The fraction of sp³-hybridized carbons (Fsp3) is 0.385. The Bertz CT molecular complexity index is 320. The summed E-state index contributed by atoms with van der Waals surface area (Å²) < 4.78 is 5.75. The number of hydrogen-bond donors (Lipinski definition) is 1. The number of likely N-dealkylation sites (N-methyl/N-ethyl adjacent to an activating group) is 1. The molecule has 0 spiro atoms. The largest absolute Gasteiger partial charge is 0.489 e. The summed E-state index contributed by atoms with van der Waals surface area (Å²) in [6.07, 6.45) is 4.28. The summed E-state index contributed by atoms with van der Waals surface area (Å²) in [5.41, 5.74) is 1.17. The highest BCUT2D eigenvalue weighted by Crippen LogP contribution is 2.15. The van der Waals surface area contributed by atoms with Crippen molar-refractivity contribution in [1.82, 2.24) is 5.32 Å². The highest BCUT2D eigenvalue weighted by atomic mass is 16.5. The zero-order valence-electron chi connectivity index (χ0n) is 9.66. The van der Waals surface area contributed by atoms with Crippen LogP contribution >= 0.6 is 0 Å². The first-order valence-corrected chi connectivity index (χ1v) is 5.30. The van der Waals surface area contributed by atoms with E-state index in [0.29, 0.717) is 0 Å². The van der Waals surface area contributed by atoms with Gasteiger partial charge in [-0.2, -0.15) is 0 Å². The summed E-state index contributed by atoms with van der Waals surface area (Å²) >= 11 is 0. The van der Waals surface area contributed by atoms with E-state index in [1.54, 1.807) is 0 Å². The summed E-state index contributed by atoms with van der Waals surface area (Å²) in [4.78, 5) is 0. The van der Waals surface area contributed by atoms with Crippen LogP contribution in [0.25, 0.3) is 6.08 Å². The molecule has 15 heavy (non-hydrogen) atoms. The first-order chi connectivity index (χ1) is 7.26. The Balaban J connectivity index is 2.64. The normalized spacial score (nSPS) is 13.0. The van der Waals surface area contributed by atoms with Crippen molar-refractivity contribution in [1.29, 1.82) is 0 Å². The zero-order chi connectivity index (χ0) is 11.1.